The summed E-state index contributed by atoms with van der Waals surface area (Å²) in [5, 5.41) is 8.84. The van der Waals surface area contributed by atoms with Crippen LogP contribution in [0, 0.1) is 0 Å². The highest BCUT2D eigenvalue weighted by Gasteiger charge is 2.18. The van der Waals surface area contributed by atoms with Crippen LogP contribution < -0.4 is 5.43 Å². The van der Waals surface area contributed by atoms with Crippen LogP contribution in [0.15, 0.2) is 27.5 Å². The minimum Gasteiger partial charge on any atom is -0.268 e. The Balaban J connectivity index is 2.28. The minimum atomic E-state index is -0.212. The number of hydrazine groups is 1. The van der Waals surface area contributed by atoms with Gasteiger partial charge in [0.1, 0.15) is 0 Å². The Kier molecular flexibility index (Phi) is 1.18. The second-order valence-corrected chi connectivity index (χ2v) is 2.03. The molecule has 0 fully saturated rings. The van der Waals surface area contributed by atoms with Crippen molar-refractivity contribution in [2.75, 3.05) is 6.67 Å². The number of carbonyl (C=O) groups is 1. The van der Waals surface area contributed by atoms with Crippen molar-refractivity contribution in [1.29, 1.82) is 0 Å². The van der Waals surface area contributed by atoms with Crippen LogP contribution in [0.3, 0.4) is 0 Å². The first-order valence-corrected chi connectivity index (χ1v) is 3.06. The monoisotopic (exact) mass is 151 g/mol. The van der Waals surface area contributed by atoms with Crippen molar-refractivity contribution in [1.82, 2.24) is 10.4 Å². The van der Waals surface area contributed by atoms with Gasteiger partial charge in [-0.2, -0.15) is 5.11 Å². The van der Waals surface area contributed by atoms with Crippen molar-refractivity contribution in [3.8, 4) is 0 Å². The number of fused-ring (bicyclic) bond motifs is 1. The van der Waals surface area contributed by atoms with E-state index < -0.39 is 0 Å². The molecule has 0 bridgehead atoms. The van der Waals surface area contributed by atoms with Gasteiger partial charge in [0.2, 0.25) is 0 Å². The highest BCUT2D eigenvalue weighted by Crippen LogP contribution is 2.03. The summed E-state index contributed by atoms with van der Waals surface area (Å²) in [6.07, 6.45) is 2.73. The van der Waals surface area contributed by atoms with Crippen LogP contribution in [0.4, 0.5) is 0 Å². The molecule has 0 aliphatic carbocycles. The minimum absolute atomic E-state index is 0.212. The van der Waals surface area contributed by atoms with E-state index in [1.165, 1.54) is 17.3 Å². The molecule has 0 aromatic rings. The van der Waals surface area contributed by atoms with Gasteiger partial charge in [0, 0.05) is 12.3 Å². The average Bonchev–Trinajstić information content (AvgIpc) is 2.31. The van der Waals surface area contributed by atoms with E-state index in [-0.39, 0.29) is 5.91 Å². The zero-order chi connectivity index (χ0) is 7.68. The van der Waals surface area contributed by atoms with E-state index in [4.69, 9.17) is 0 Å². The van der Waals surface area contributed by atoms with E-state index in [2.05, 4.69) is 20.6 Å². The van der Waals surface area contributed by atoms with Gasteiger partial charge in [-0.05, 0) is 0 Å². The maximum atomic E-state index is 10.8. The lowest BCUT2D eigenvalue weighted by Gasteiger charge is -2.12. The van der Waals surface area contributed by atoms with Gasteiger partial charge in [0.15, 0.2) is 6.67 Å². The highest BCUT2D eigenvalue weighted by atomic mass is 16.2. The first-order valence-electron chi connectivity index (χ1n) is 3.06. The van der Waals surface area contributed by atoms with Crippen LogP contribution in [0.1, 0.15) is 0 Å². The third kappa shape index (κ3) is 0.977. The van der Waals surface area contributed by atoms with Crippen molar-refractivity contribution in [3.05, 3.63) is 12.3 Å². The number of nitrogens with zero attached hydrogens (tertiary/aromatic N) is 4. The molecule has 0 aromatic heterocycles. The van der Waals surface area contributed by atoms with E-state index in [1.807, 2.05) is 0 Å². The number of azo groups is 1. The van der Waals surface area contributed by atoms with E-state index in [1.54, 1.807) is 0 Å². The van der Waals surface area contributed by atoms with Crippen molar-refractivity contribution >= 4 is 11.9 Å². The van der Waals surface area contributed by atoms with Gasteiger partial charge in [-0.1, -0.05) is 0 Å². The molecular formula is C5H5N5O. The third-order valence-electron chi connectivity index (χ3n) is 1.27. The van der Waals surface area contributed by atoms with Gasteiger partial charge in [-0.3, -0.25) is 10.2 Å². The zero-order valence-electron chi connectivity index (χ0n) is 5.56. The number of aliphatic imine (C=N–C) groups is 1. The molecule has 6 nitrogen and oxygen atoms in total. The number of amides is 1. The van der Waals surface area contributed by atoms with Gasteiger partial charge in [-0.15, -0.1) is 5.11 Å². The SMILES string of the molecule is O=C1C=CN=C2N=NCN2N1. The normalized spacial score (nSPS) is 20.9. The fourth-order valence-corrected chi connectivity index (χ4v) is 0.798. The number of nitrogens with one attached hydrogen (secondary N) is 1. The lowest BCUT2D eigenvalue weighted by molar-refractivity contribution is -0.119. The molecule has 0 aromatic carbocycles. The molecule has 6 heteroatoms. The Morgan fingerprint density at radius 1 is 1.64 bits per heavy atom. The lowest BCUT2D eigenvalue weighted by atomic mass is 10.6. The van der Waals surface area contributed by atoms with Gasteiger partial charge in [0.25, 0.3) is 11.9 Å². The summed E-state index contributed by atoms with van der Waals surface area (Å²) < 4.78 is 0. The van der Waals surface area contributed by atoms with Gasteiger partial charge in [0.05, 0.1) is 0 Å². The summed E-state index contributed by atoms with van der Waals surface area (Å²) >= 11 is 0. The second kappa shape index (κ2) is 2.15. The number of rotatable bonds is 0. The van der Waals surface area contributed by atoms with E-state index in [0.29, 0.717) is 12.6 Å². The molecule has 0 unspecified atom stereocenters. The molecule has 0 atom stereocenters. The number of hydrogen-bond acceptors (Lipinski definition) is 5. The molecule has 0 radical (unpaired) electrons. The quantitative estimate of drug-likeness (QED) is 0.513. The zero-order valence-corrected chi connectivity index (χ0v) is 5.56. The van der Waals surface area contributed by atoms with Gasteiger partial charge < -0.3 is 0 Å². The summed E-state index contributed by atoms with van der Waals surface area (Å²) in [5.74, 6) is 0.211. The Morgan fingerprint density at radius 3 is 3.45 bits per heavy atom. The Morgan fingerprint density at radius 2 is 2.55 bits per heavy atom. The smallest absolute Gasteiger partial charge is 0.265 e. The predicted octanol–water partition coefficient (Wildman–Crippen LogP) is -0.374. The molecular weight excluding hydrogens is 146 g/mol. The standard InChI is InChI=1S/C5H5N5O/c11-4-1-2-6-5-8-7-3-10(5)9-4/h1-2H,3H2,(H,9,11). The first kappa shape index (κ1) is 6.02. The van der Waals surface area contributed by atoms with Crippen LogP contribution in [-0.2, 0) is 4.79 Å². The van der Waals surface area contributed by atoms with E-state index in [0.717, 1.165) is 0 Å². The molecule has 0 saturated carbocycles. The van der Waals surface area contributed by atoms with Crippen molar-refractivity contribution in [2.24, 2.45) is 15.2 Å². The summed E-state index contributed by atoms with van der Waals surface area (Å²) in [4.78, 5) is 14.7. The lowest BCUT2D eigenvalue weighted by Crippen LogP contribution is -2.41. The summed E-state index contributed by atoms with van der Waals surface area (Å²) in [7, 11) is 0. The fourth-order valence-electron chi connectivity index (χ4n) is 0.798. The molecule has 56 valence electrons. The maximum absolute atomic E-state index is 10.8. The number of carbonyl (C=O) groups excluding carboxylic acids is 1. The number of guanidine groups is 1. The summed E-state index contributed by atoms with van der Waals surface area (Å²) in [5.41, 5.74) is 2.53. The maximum Gasteiger partial charge on any atom is 0.265 e. The molecule has 2 heterocycles. The Hall–Kier alpha value is -1.72. The van der Waals surface area contributed by atoms with Crippen LogP contribution in [0.25, 0.3) is 0 Å². The number of hydrogen-bond donors (Lipinski definition) is 1. The third-order valence-corrected chi connectivity index (χ3v) is 1.27. The molecule has 1 N–H and O–H groups in total. The molecule has 2 aliphatic heterocycles. The van der Waals surface area contributed by atoms with Crippen LogP contribution in [-0.4, -0.2) is 23.5 Å². The Labute approximate surface area is 62.3 Å². The largest absolute Gasteiger partial charge is 0.268 e. The molecule has 2 aliphatic rings. The van der Waals surface area contributed by atoms with E-state index in [9.17, 15) is 4.79 Å². The first-order chi connectivity index (χ1) is 5.36. The molecule has 11 heavy (non-hydrogen) atoms. The van der Waals surface area contributed by atoms with Crippen LogP contribution in [0.2, 0.25) is 0 Å². The van der Waals surface area contributed by atoms with E-state index >= 15 is 0 Å². The van der Waals surface area contributed by atoms with Crippen LogP contribution >= 0.6 is 0 Å². The summed E-state index contributed by atoms with van der Waals surface area (Å²) in [6, 6.07) is 0. The van der Waals surface area contributed by atoms with Crippen molar-refractivity contribution < 1.29 is 4.79 Å². The Bertz CT molecular complexity index is 279. The average molecular weight is 151 g/mol. The van der Waals surface area contributed by atoms with Gasteiger partial charge >= 0.3 is 0 Å². The highest BCUT2D eigenvalue weighted by molar-refractivity contribution is 5.92. The molecule has 2 rings (SSSR count). The summed E-state index contributed by atoms with van der Waals surface area (Å²) in [6.45, 7) is 0.340. The topological polar surface area (TPSA) is 69.4 Å². The van der Waals surface area contributed by atoms with Crippen LogP contribution in [0.5, 0.6) is 0 Å². The second-order valence-electron chi connectivity index (χ2n) is 2.03. The van der Waals surface area contributed by atoms with Crippen molar-refractivity contribution in [2.45, 2.75) is 0 Å². The predicted molar refractivity (Wildman–Crippen MR) is 36.3 cm³/mol. The molecule has 1 amide bonds. The molecule has 0 spiro atoms. The fraction of sp³-hybridized carbons (Fsp3) is 0.200. The molecule has 0 saturated heterocycles. The van der Waals surface area contributed by atoms with Gasteiger partial charge in [-0.25, -0.2) is 10.0 Å². The van der Waals surface area contributed by atoms with Crippen molar-refractivity contribution in [3.63, 3.8) is 0 Å².